The zero-order chi connectivity index (χ0) is 11.7. The molecule has 0 saturated carbocycles. The van der Waals surface area contributed by atoms with Crippen molar-refractivity contribution < 1.29 is 9.90 Å². The monoisotopic (exact) mass is 218 g/mol. The molecule has 0 unspecified atom stereocenters. The van der Waals surface area contributed by atoms with Gasteiger partial charge in [-0.1, -0.05) is 6.07 Å². The summed E-state index contributed by atoms with van der Waals surface area (Å²) < 4.78 is 0. The third-order valence-corrected chi connectivity index (χ3v) is 2.24. The summed E-state index contributed by atoms with van der Waals surface area (Å²) in [7, 11) is 0. The number of benzene rings is 1. The molecule has 2 rings (SSSR count). The Morgan fingerprint density at radius 2 is 2.25 bits per heavy atom. The molecule has 0 saturated heterocycles. The maximum absolute atomic E-state index is 11.5. The quantitative estimate of drug-likeness (QED) is 0.783. The van der Waals surface area contributed by atoms with E-state index in [4.69, 9.17) is 5.11 Å². The summed E-state index contributed by atoms with van der Waals surface area (Å²) >= 11 is 0. The third kappa shape index (κ3) is 1.93. The number of hydrogen-bond acceptors (Lipinski definition) is 3. The highest BCUT2D eigenvalue weighted by Crippen LogP contribution is 2.09. The van der Waals surface area contributed by atoms with Crippen LogP contribution in [-0.2, 0) is 11.2 Å². The Kier molecular flexibility index (Phi) is 2.44. The van der Waals surface area contributed by atoms with E-state index in [1.807, 2.05) is 13.0 Å². The van der Waals surface area contributed by atoms with Crippen LogP contribution in [0.2, 0.25) is 0 Å². The normalized spacial score (nSPS) is 10.6. The standard InChI is InChI=1S/C11H10N2O3/c1-6-2-3-7-8(4-6)13-11(16)9(12-7)5-10(14)15/h2-4H,5H2,1H3,(H,13,16)(H,14,15). The van der Waals surface area contributed by atoms with Gasteiger partial charge in [-0.2, -0.15) is 0 Å². The van der Waals surface area contributed by atoms with Crippen molar-refractivity contribution in [3.05, 3.63) is 39.8 Å². The molecule has 82 valence electrons. The van der Waals surface area contributed by atoms with Gasteiger partial charge in [0.15, 0.2) is 0 Å². The summed E-state index contributed by atoms with van der Waals surface area (Å²) in [6, 6.07) is 5.42. The van der Waals surface area contributed by atoms with Crippen LogP contribution in [0.1, 0.15) is 11.3 Å². The van der Waals surface area contributed by atoms with Crippen LogP contribution in [0.4, 0.5) is 0 Å². The summed E-state index contributed by atoms with van der Waals surface area (Å²) in [5.41, 5.74) is 1.82. The first kappa shape index (κ1) is 10.4. The Bertz CT molecular complexity index is 616. The van der Waals surface area contributed by atoms with E-state index in [2.05, 4.69) is 9.97 Å². The molecular weight excluding hydrogens is 208 g/mol. The van der Waals surface area contributed by atoms with E-state index < -0.39 is 11.5 Å². The molecule has 1 aromatic heterocycles. The number of nitrogens with zero attached hydrogens (tertiary/aromatic N) is 1. The molecule has 0 bridgehead atoms. The predicted molar refractivity (Wildman–Crippen MR) is 58.4 cm³/mol. The molecule has 2 aromatic rings. The van der Waals surface area contributed by atoms with Gasteiger partial charge in [0.25, 0.3) is 5.56 Å². The first-order valence-electron chi connectivity index (χ1n) is 4.77. The maximum Gasteiger partial charge on any atom is 0.309 e. The molecule has 5 nitrogen and oxygen atoms in total. The predicted octanol–water partition coefficient (Wildman–Crippen LogP) is 0.859. The van der Waals surface area contributed by atoms with Crippen molar-refractivity contribution in [1.29, 1.82) is 0 Å². The van der Waals surface area contributed by atoms with E-state index in [9.17, 15) is 9.59 Å². The Labute approximate surface area is 90.8 Å². The van der Waals surface area contributed by atoms with Crippen LogP contribution >= 0.6 is 0 Å². The fourth-order valence-corrected chi connectivity index (χ4v) is 1.50. The second kappa shape index (κ2) is 3.77. The van der Waals surface area contributed by atoms with E-state index in [1.54, 1.807) is 12.1 Å². The van der Waals surface area contributed by atoms with Crippen molar-refractivity contribution in [3.8, 4) is 0 Å². The molecule has 1 aromatic carbocycles. The Morgan fingerprint density at radius 1 is 1.50 bits per heavy atom. The lowest BCUT2D eigenvalue weighted by atomic mass is 10.2. The lowest BCUT2D eigenvalue weighted by molar-refractivity contribution is -0.136. The highest BCUT2D eigenvalue weighted by Gasteiger charge is 2.08. The average molecular weight is 218 g/mol. The molecule has 0 amide bonds. The highest BCUT2D eigenvalue weighted by atomic mass is 16.4. The molecule has 5 heteroatoms. The summed E-state index contributed by atoms with van der Waals surface area (Å²) in [5, 5.41) is 8.61. The van der Waals surface area contributed by atoms with E-state index in [0.29, 0.717) is 11.0 Å². The Balaban J connectivity index is 2.63. The number of aryl methyl sites for hydroxylation is 1. The van der Waals surface area contributed by atoms with Crippen LogP contribution in [0, 0.1) is 6.92 Å². The minimum Gasteiger partial charge on any atom is -0.481 e. The van der Waals surface area contributed by atoms with Crippen LogP contribution in [0.25, 0.3) is 11.0 Å². The molecule has 0 radical (unpaired) electrons. The van der Waals surface area contributed by atoms with Gasteiger partial charge in [0, 0.05) is 0 Å². The molecule has 1 heterocycles. The number of hydrogen-bond donors (Lipinski definition) is 2. The first-order valence-corrected chi connectivity index (χ1v) is 4.77. The Morgan fingerprint density at radius 3 is 2.94 bits per heavy atom. The minimum absolute atomic E-state index is 0.0313. The van der Waals surface area contributed by atoms with Gasteiger partial charge in [-0.05, 0) is 24.6 Å². The van der Waals surface area contributed by atoms with Gasteiger partial charge < -0.3 is 10.1 Å². The van der Waals surface area contributed by atoms with E-state index in [-0.39, 0.29) is 12.1 Å². The van der Waals surface area contributed by atoms with Gasteiger partial charge in [-0.3, -0.25) is 9.59 Å². The summed E-state index contributed by atoms with van der Waals surface area (Å²) in [6.45, 7) is 1.91. The van der Waals surface area contributed by atoms with Crippen LogP contribution in [0.5, 0.6) is 0 Å². The van der Waals surface area contributed by atoms with Crippen LogP contribution in [0.15, 0.2) is 23.0 Å². The van der Waals surface area contributed by atoms with Crippen molar-refractivity contribution >= 4 is 17.0 Å². The number of aromatic nitrogens is 2. The van der Waals surface area contributed by atoms with Gasteiger partial charge in [0.05, 0.1) is 17.5 Å². The SMILES string of the molecule is Cc1ccc2nc(CC(=O)O)c(=O)[nH]c2c1. The lowest BCUT2D eigenvalue weighted by Gasteiger charge is -2.01. The topological polar surface area (TPSA) is 83.0 Å². The smallest absolute Gasteiger partial charge is 0.309 e. The van der Waals surface area contributed by atoms with Crippen molar-refractivity contribution in [2.75, 3.05) is 0 Å². The van der Waals surface area contributed by atoms with Gasteiger partial charge in [0.1, 0.15) is 5.69 Å². The largest absolute Gasteiger partial charge is 0.481 e. The molecule has 0 spiro atoms. The molecule has 0 aliphatic rings. The zero-order valence-electron chi connectivity index (χ0n) is 8.65. The zero-order valence-corrected chi connectivity index (χ0v) is 8.65. The number of H-pyrrole nitrogens is 1. The summed E-state index contributed by atoms with van der Waals surface area (Å²) in [5.74, 6) is -1.07. The number of rotatable bonds is 2. The van der Waals surface area contributed by atoms with E-state index in [1.165, 1.54) is 0 Å². The van der Waals surface area contributed by atoms with Gasteiger partial charge in [-0.15, -0.1) is 0 Å². The van der Waals surface area contributed by atoms with Crippen LogP contribution in [-0.4, -0.2) is 21.0 Å². The molecule has 0 aliphatic carbocycles. The number of nitrogens with one attached hydrogen (secondary N) is 1. The molecule has 0 aliphatic heterocycles. The second-order valence-corrected chi connectivity index (χ2v) is 3.60. The number of aliphatic carboxylic acids is 1. The van der Waals surface area contributed by atoms with Crippen LogP contribution < -0.4 is 5.56 Å². The number of carboxylic acids is 1. The average Bonchev–Trinajstić information content (AvgIpc) is 2.19. The first-order chi connectivity index (χ1) is 7.56. The van der Waals surface area contributed by atoms with Crippen molar-refractivity contribution in [2.45, 2.75) is 13.3 Å². The number of aromatic amines is 1. The minimum atomic E-state index is -1.07. The molecule has 0 atom stereocenters. The van der Waals surface area contributed by atoms with Gasteiger partial charge in [-0.25, -0.2) is 4.98 Å². The lowest BCUT2D eigenvalue weighted by Crippen LogP contribution is -2.18. The summed E-state index contributed by atoms with van der Waals surface area (Å²) in [4.78, 5) is 28.7. The summed E-state index contributed by atoms with van der Waals surface area (Å²) in [6.07, 6.45) is -0.362. The van der Waals surface area contributed by atoms with Gasteiger partial charge in [0.2, 0.25) is 0 Å². The van der Waals surface area contributed by atoms with Crippen LogP contribution in [0.3, 0.4) is 0 Å². The van der Waals surface area contributed by atoms with E-state index >= 15 is 0 Å². The molecular formula is C11H10N2O3. The molecule has 2 N–H and O–H groups in total. The number of fused-ring (bicyclic) bond motifs is 1. The molecule has 0 fully saturated rings. The van der Waals surface area contributed by atoms with E-state index in [0.717, 1.165) is 5.56 Å². The number of carbonyl (C=O) groups is 1. The van der Waals surface area contributed by atoms with Crippen molar-refractivity contribution in [2.24, 2.45) is 0 Å². The van der Waals surface area contributed by atoms with Crippen molar-refractivity contribution in [1.82, 2.24) is 9.97 Å². The maximum atomic E-state index is 11.5. The fraction of sp³-hybridized carbons (Fsp3) is 0.182. The third-order valence-electron chi connectivity index (χ3n) is 2.24. The number of carboxylic acid groups (broad SMARTS) is 1. The second-order valence-electron chi connectivity index (χ2n) is 3.60. The molecule has 16 heavy (non-hydrogen) atoms. The highest BCUT2D eigenvalue weighted by molar-refractivity contribution is 5.76. The van der Waals surface area contributed by atoms with Gasteiger partial charge >= 0.3 is 5.97 Å². The van der Waals surface area contributed by atoms with Crippen molar-refractivity contribution in [3.63, 3.8) is 0 Å². The Hall–Kier alpha value is -2.17. The fourth-order valence-electron chi connectivity index (χ4n) is 1.50.